The molecule has 0 bridgehead atoms. The topological polar surface area (TPSA) is 59.4 Å². The predicted octanol–water partition coefficient (Wildman–Crippen LogP) is 2.52. The smallest absolute Gasteiger partial charge is 0.191 e. The molecule has 1 aromatic heterocycles. The number of rotatable bonds is 5. The first-order chi connectivity index (χ1) is 11.7. The van der Waals surface area contributed by atoms with Gasteiger partial charge in [-0.05, 0) is 24.3 Å². The number of imidazole rings is 1. The molecule has 1 aliphatic heterocycles. The normalized spacial score (nSPS) is 16.5. The highest BCUT2D eigenvalue weighted by molar-refractivity contribution is 5.78. The quantitative estimate of drug-likeness (QED) is 0.679. The monoisotopic (exact) mass is 325 g/mol. The van der Waals surface area contributed by atoms with Crippen LogP contribution in [0.2, 0.25) is 0 Å². The molecule has 2 N–H and O–H groups in total. The molecule has 1 fully saturated rings. The summed E-state index contributed by atoms with van der Waals surface area (Å²) in [6.45, 7) is 5.89. The Morgan fingerprint density at radius 3 is 2.75 bits per heavy atom. The van der Waals surface area contributed by atoms with Gasteiger partial charge in [-0.1, -0.05) is 37.3 Å². The first-order valence-electron chi connectivity index (χ1n) is 8.81. The molecule has 2 heterocycles. The Labute approximate surface area is 144 Å². The first-order valence-corrected chi connectivity index (χ1v) is 8.81. The molecule has 3 rings (SSSR count). The van der Waals surface area contributed by atoms with Crippen molar-refractivity contribution >= 4 is 5.96 Å². The van der Waals surface area contributed by atoms with Crippen molar-refractivity contribution < 1.29 is 0 Å². The standard InChI is InChI=1S/C19H27N5/c1-16-8-12-23(13-9-16)19(20)22-10-7-18-21-11-14-24(18)15-17-5-3-2-4-6-17/h2-6,11,14,16H,7-10,12-13,15H2,1H3,(H2,20,22). The molecule has 128 valence electrons. The third-order valence-corrected chi connectivity index (χ3v) is 4.71. The molecule has 1 aromatic carbocycles. The molecule has 0 aliphatic carbocycles. The molecule has 0 radical (unpaired) electrons. The Hall–Kier alpha value is -2.30. The van der Waals surface area contributed by atoms with Gasteiger partial charge in [-0.2, -0.15) is 0 Å². The highest BCUT2D eigenvalue weighted by Gasteiger charge is 2.16. The highest BCUT2D eigenvalue weighted by atomic mass is 15.3. The van der Waals surface area contributed by atoms with Crippen molar-refractivity contribution in [3.63, 3.8) is 0 Å². The molecule has 0 amide bonds. The van der Waals surface area contributed by atoms with Crippen LogP contribution in [0.5, 0.6) is 0 Å². The van der Waals surface area contributed by atoms with Crippen LogP contribution in [-0.2, 0) is 13.0 Å². The maximum Gasteiger partial charge on any atom is 0.191 e. The third kappa shape index (κ3) is 4.37. The number of aromatic nitrogens is 2. The Kier molecular flexibility index (Phi) is 5.51. The molecular formula is C19H27N5. The maximum absolute atomic E-state index is 6.14. The van der Waals surface area contributed by atoms with E-state index in [0.717, 1.165) is 37.8 Å². The predicted molar refractivity (Wildman–Crippen MR) is 97.9 cm³/mol. The second kappa shape index (κ2) is 7.99. The van der Waals surface area contributed by atoms with Crippen molar-refractivity contribution in [2.75, 3.05) is 19.6 Å². The number of nitrogens with two attached hydrogens (primary N) is 1. The minimum atomic E-state index is 0.683. The van der Waals surface area contributed by atoms with E-state index in [2.05, 4.69) is 50.6 Å². The fourth-order valence-electron chi connectivity index (χ4n) is 3.10. The Bertz CT molecular complexity index is 653. The first kappa shape index (κ1) is 16.6. The van der Waals surface area contributed by atoms with Crippen molar-refractivity contribution in [1.29, 1.82) is 0 Å². The lowest BCUT2D eigenvalue weighted by molar-refractivity contribution is 0.277. The SMILES string of the molecule is CC1CCN(C(N)=NCCc2nccn2Cc2ccccc2)CC1. The van der Waals surface area contributed by atoms with Crippen LogP contribution in [0.15, 0.2) is 47.7 Å². The maximum atomic E-state index is 6.14. The summed E-state index contributed by atoms with van der Waals surface area (Å²) in [7, 11) is 0. The second-order valence-electron chi connectivity index (χ2n) is 6.62. The summed E-state index contributed by atoms with van der Waals surface area (Å²) in [4.78, 5) is 11.2. The zero-order valence-corrected chi connectivity index (χ0v) is 14.4. The molecule has 5 heteroatoms. The number of benzene rings is 1. The molecule has 0 atom stereocenters. The molecule has 5 nitrogen and oxygen atoms in total. The van der Waals surface area contributed by atoms with Crippen LogP contribution in [0.25, 0.3) is 0 Å². The van der Waals surface area contributed by atoms with Gasteiger partial charge in [-0.15, -0.1) is 0 Å². The van der Waals surface area contributed by atoms with E-state index in [0.29, 0.717) is 12.5 Å². The van der Waals surface area contributed by atoms with Gasteiger partial charge in [-0.3, -0.25) is 4.99 Å². The van der Waals surface area contributed by atoms with Gasteiger partial charge < -0.3 is 15.2 Å². The van der Waals surface area contributed by atoms with E-state index in [-0.39, 0.29) is 0 Å². The van der Waals surface area contributed by atoms with E-state index < -0.39 is 0 Å². The Balaban J connectivity index is 1.54. The number of piperidine rings is 1. The summed E-state index contributed by atoms with van der Waals surface area (Å²) in [6.07, 6.45) is 7.11. The van der Waals surface area contributed by atoms with Gasteiger partial charge in [-0.25, -0.2) is 4.98 Å². The average Bonchev–Trinajstić information content (AvgIpc) is 3.03. The fourth-order valence-corrected chi connectivity index (χ4v) is 3.10. The number of hydrogen-bond acceptors (Lipinski definition) is 2. The minimum absolute atomic E-state index is 0.683. The number of aliphatic imine (C=N–C) groups is 1. The van der Waals surface area contributed by atoms with Crippen molar-refractivity contribution in [3.8, 4) is 0 Å². The molecule has 1 aliphatic rings. The molecule has 0 saturated carbocycles. The van der Waals surface area contributed by atoms with Crippen LogP contribution in [0, 0.1) is 5.92 Å². The van der Waals surface area contributed by atoms with Crippen molar-refractivity contribution in [2.24, 2.45) is 16.6 Å². The largest absolute Gasteiger partial charge is 0.370 e. The molecular weight excluding hydrogens is 298 g/mol. The van der Waals surface area contributed by atoms with E-state index in [1.165, 1.54) is 18.4 Å². The zero-order valence-electron chi connectivity index (χ0n) is 14.4. The van der Waals surface area contributed by atoms with Crippen LogP contribution in [0.4, 0.5) is 0 Å². The molecule has 2 aromatic rings. The summed E-state index contributed by atoms with van der Waals surface area (Å²) in [5, 5.41) is 0. The molecule has 0 unspecified atom stereocenters. The molecule has 0 spiro atoms. The van der Waals surface area contributed by atoms with Crippen LogP contribution >= 0.6 is 0 Å². The summed E-state index contributed by atoms with van der Waals surface area (Å²) < 4.78 is 2.18. The van der Waals surface area contributed by atoms with E-state index in [9.17, 15) is 0 Å². The lowest BCUT2D eigenvalue weighted by Gasteiger charge is -2.31. The minimum Gasteiger partial charge on any atom is -0.370 e. The van der Waals surface area contributed by atoms with E-state index >= 15 is 0 Å². The lowest BCUT2D eigenvalue weighted by Crippen LogP contribution is -2.42. The second-order valence-corrected chi connectivity index (χ2v) is 6.62. The number of nitrogens with zero attached hydrogens (tertiary/aromatic N) is 4. The van der Waals surface area contributed by atoms with Crippen LogP contribution < -0.4 is 5.73 Å². The van der Waals surface area contributed by atoms with Gasteiger partial charge in [0, 0.05) is 45.0 Å². The third-order valence-electron chi connectivity index (χ3n) is 4.71. The zero-order chi connectivity index (χ0) is 16.8. The number of likely N-dealkylation sites (tertiary alicyclic amines) is 1. The molecule has 1 saturated heterocycles. The summed E-state index contributed by atoms with van der Waals surface area (Å²) >= 11 is 0. The van der Waals surface area contributed by atoms with E-state index in [1.54, 1.807) is 0 Å². The van der Waals surface area contributed by atoms with Gasteiger partial charge >= 0.3 is 0 Å². The van der Waals surface area contributed by atoms with Gasteiger partial charge in [0.15, 0.2) is 5.96 Å². The number of guanidine groups is 1. The number of hydrogen-bond donors (Lipinski definition) is 1. The lowest BCUT2D eigenvalue weighted by atomic mass is 10.00. The summed E-state index contributed by atoms with van der Waals surface area (Å²) in [6, 6.07) is 10.4. The van der Waals surface area contributed by atoms with Gasteiger partial charge in [0.25, 0.3) is 0 Å². The Morgan fingerprint density at radius 2 is 2.00 bits per heavy atom. The van der Waals surface area contributed by atoms with Gasteiger partial charge in [0.1, 0.15) is 5.82 Å². The van der Waals surface area contributed by atoms with Gasteiger partial charge in [0.05, 0.1) is 0 Å². The van der Waals surface area contributed by atoms with E-state index in [1.807, 2.05) is 18.5 Å². The highest BCUT2D eigenvalue weighted by Crippen LogP contribution is 2.15. The van der Waals surface area contributed by atoms with Crippen molar-refractivity contribution in [2.45, 2.75) is 32.7 Å². The van der Waals surface area contributed by atoms with Crippen LogP contribution in [0.1, 0.15) is 31.2 Å². The van der Waals surface area contributed by atoms with Gasteiger partial charge in [0.2, 0.25) is 0 Å². The van der Waals surface area contributed by atoms with Crippen LogP contribution in [0.3, 0.4) is 0 Å². The molecule has 24 heavy (non-hydrogen) atoms. The van der Waals surface area contributed by atoms with Crippen molar-refractivity contribution in [1.82, 2.24) is 14.5 Å². The summed E-state index contributed by atoms with van der Waals surface area (Å²) in [5.41, 5.74) is 7.42. The Morgan fingerprint density at radius 1 is 1.25 bits per heavy atom. The van der Waals surface area contributed by atoms with Crippen LogP contribution in [-0.4, -0.2) is 40.0 Å². The summed E-state index contributed by atoms with van der Waals surface area (Å²) in [5.74, 6) is 2.55. The van der Waals surface area contributed by atoms with Crippen molar-refractivity contribution in [3.05, 3.63) is 54.1 Å². The average molecular weight is 325 g/mol. The fraction of sp³-hybridized carbons (Fsp3) is 0.474. The van der Waals surface area contributed by atoms with E-state index in [4.69, 9.17) is 5.73 Å².